The van der Waals surface area contributed by atoms with Crippen molar-refractivity contribution < 1.29 is 19.0 Å². The van der Waals surface area contributed by atoms with Gasteiger partial charge in [-0.15, -0.1) is 0 Å². The fraction of sp³-hybridized carbons (Fsp3) is 0.240. The zero-order valence-corrected chi connectivity index (χ0v) is 20.9. The second kappa shape index (κ2) is 9.48. The van der Waals surface area contributed by atoms with Gasteiger partial charge in [-0.1, -0.05) is 29.0 Å². The van der Waals surface area contributed by atoms with Gasteiger partial charge in [0.2, 0.25) is 0 Å². The minimum absolute atomic E-state index is 0.252. The molecule has 1 atom stereocenters. The van der Waals surface area contributed by atoms with Gasteiger partial charge in [-0.05, 0) is 61.4 Å². The van der Waals surface area contributed by atoms with E-state index < -0.39 is 12.0 Å². The molecule has 0 radical (unpaired) electrons. The Labute approximate surface area is 205 Å². The molecule has 0 amide bonds. The predicted octanol–water partition coefficient (Wildman–Crippen LogP) is 3.39. The van der Waals surface area contributed by atoms with Crippen LogP contribution >= 0.6 is 22.9 Å². The van der Waals surface area contributed by atoms with Gasteiger partial charge in [0.1, 0.15) is 17.5 Å². The van der Waals surface area contributed by atoms with Crippen LogP contribution in [0, 0.1) is 6.92 Å². The summed E-state index contributed by atoms with van der Waals surface area (Å²) in [6, 6.07) is 9.92. The van der Waals surface area contributed by atoms with Crippen molar-refractivity contribution in [1.82, 2.24) is 4.57 Å². The highest BCUT2D eigenvalue weighted by Crippen LogP contribution is 2.37. The smallest absolute Gasteiger partial charge is 0.338 e. The number of fused-ring (bicyclic) bond motifs is 1. The Hall–Kier alpha value is -3.36. The van der Waals surface area contributed by atoms with Crippen LogP contribution in [-0.2, 0) is 9.53 Å². The van der Waals surface area contributed by atoms with Crippen LogP contribution < -0.4 is 24.4 Å². The number of carbonyl (C=O) groups is 1. The van der Waals surface area contributed by atoms with Gasteiger partial charge in [0.15, 0.2) is 4.80 Å². The third-order valence-corrected chi connectivity index (χ3v) is 6.89. The van der Waals surface area contributed by atoms with Crippen LogP contribution in [0.4, 0.5) is 0 Å². The van der Waals surface area contributed by atoms with Gasteiger partial charge in [-0.2, -0.15) is 0 Å². The molecule has 9 heteroatoms. The SMILES string of the molecule is COC(=O)C1=C(C)N=c2s/c(=C\c3ccc(OC)cc3C)c(=O)n2[C@H]1c1cc(Cl)ccc1OC. The predicted molar refractivity (Wildman–Crippen MR) is 132 cm³/mol. The Morgan fingerprint density at radius 1 is 1.12 bits per heavy atom. The van der Waals surface area contributed by atoms with Crippen molar-refractivity contribution in [3.05, 3.63) is 89.1 Å². The molecule has 7 nitrogen and oxygen atoms in total. The van der Waals surface area contributed by atoms with Crippen LogP contribution in [0.2, 0.25) is 5.02 Å². The maximum absolute atomic E-state index is 13.7. The van der Waals surface area contributed by atoms with Gasteiger partial charge in [0.05, 0.1) is 37.1 Å². The first-order valence-corrected chi connectivity index (χ1v) is 11.6. The van der Waals surface area contributed by atoms with E-state index in [1.54, 1.807) is 32.2 Å². The van der Waals surface area contributed by atoms with Gasteiger partial charge in [0.25, 0.3) is 5.56 Å². The molecule has 1 aromatic heterocycles. The normalized spacial score (nSPS) is 15.6. The van der Waals surface area contributed by atoms with E-state index in [0.717, 1.165) is 16.9 Å². The number of thiazole rings is 1. The Kier molecular flexibility index (Phi) is 6.63. The molecule has 0 saturated carbocycles. The largest absolute Gasteiger partial charge is 0.497 e. The average molecular weight is 499 g/mol. The van der Waals surface area contributed by atoms with Crippen molar-refractivity contribution in [2.24, 2.45) is 4.99 Å². The number of ether oxygens (including phenoxy) is 3. The summed E-state index contributed by atoms with van der Waals surface area (Å²) in [6.45, 7) is 3.67. The summed E-state index contributed by atoms with van der Waals surface area (Å²) in [5, 5.41) is 0.450. The minimum atomic E-state index is -0.809. The van der Waals surface area contributed by atoms with Crippen molar-refractivity contribution in [2.45, 2.75) is 19.9 Å². The molecule has 0 aliphatic carbocycles. The van der Waals surface area contributed by atoms with Crippen LogP contribution in [0.15, 0.2) is 57.5 Å². The molecule has 34 heavy (non-hydrogen) atoms. The van der Waals surface area contributed by atoms with Crippen LogP contribution in [0.25, 0.3) is 6.08 Å². The van der Waals surface area contributed by atoms with Crippen molar-refractivity contribution in [3.8, 4) is 11.5 Å². The first-order chi connectivity index (χ1) is 16.3. The molecule has 3 aromatic rings. The number of carbonyl (C=O) groups excluding carboxylic acids is 1. The molecule has 4 rings (SSSR count). The summed E-state index contributed by atoms with van der Waals surface area (Å²) < 4.78 is 17.9. The number of benzene rings is 2. The second-order valence-electron chi connectivity index (χ2n) is 7.68. The van der Waals surface area contributed by atoms with Crippen LogP contribution in [0.5, 0.6) is 11.5 Å². The van der Waals surface area contributed by atoms with E-state index in [1.807, 2.05) is 31.2 Å². The minimum Gasteiger partial charge on any atom is -0.497 e. The van der Waals surface area contributed by atoms with Crippen molar-refractivity contribution >= 4 is 35.0 Å². The Balaban J connectivity index is 2.01. The molecule has 0 bridgehead atoms. The summed E-state index contributed by atoms with van der Waals surface area (Å²) in [7, 11) is 4.43. The van der Waals surface area contributed by atoms with Gasteiger partial charge >= 0.3 is 5.97 Å². The van der Waals surface area contributed by atoms with E-state index in [0.29, 0.717) is 31.4 Å². The number of aromatic nitrogens is 1. The summed E-state index contributed by atoms with van der Waals surface area (Å²) in [5.41, 5.74) is 2.85. The third-order valence-electron chi connectivity index (χ3n) is 5.68. The Morgan fingerprint density at radius 3 is 2.53 bits per heavy atom. The fourth-order valence-electron chi connectivity index (χ4n) is 3.98. The highest BCUT2D eigenvalue weighted by Gasteiger charge is 2.35. The first kappa shape index (κ1) is 23.8. The molecule has 0 saturated heterocycles. The topological polar surface area (TPSA) is 79.1 Å². The lowest BCUT2D eigenvalue weighted by Crippen LogP contribution is -2.40. The first-order valence-electron chi connectivity index (χ1n) is 10.4. The van der Waals surface area contributed by atoms with Crippen molar-refractivity contribution in [3.63, 3.8) is 0 Å². The van der Waals surface area contributed by atoms with E-state index in [9.17, 15) is 9.59 Å². The summed E-state index contributed by atoms with van der Waals surface area (Å²) in [4.78, 5) is 31.6. The second-order valence-corrected chi connectivity index (χ2v) is 9.13. The molecule has 0 spiro atoms. The number of nitrogens with zero attached hydrogens (tertiary/aromatic N) is 2. The zero-order chi connectivity index (χ0) is 24.6. The molecule has 2 aromatic carbocycles. The number of hydrogen-bond acceptors (Lipinski definition) is 7. The number of hydrogen-bond donors (Lipinski definition) is 0. The van der Waals surface area contributed by atoms with Crippen LogP contribution in [0.3, 0.4) is 0 Å². The zero-order valence-electron chi connectivity index (χ0n) is 19.3. The maximum Gasteiger partial charge on any atom is 0.338 e. The standard InChI is InChI=1S/C25H23ClN2O5S/c1-13-10-17(31-3)8-6-15(13)11-20-23(29)28-22(18-12-16(26)7-9-19(18)32-4)21(24(30)33-5)14(2)27-25(28)34-20/h6-12,22H,1-5H3/b20-11-/t22-/m0/s1. The van der Waals surface area contributed by atoms with E-state index >= 15 is 0 Å². The van der Waals surface area contributed by atoms with E-state index in [2.05, 4.69) is 4.99 Å². The molecule has 0 fully saturated rings. The molecular formula is C25H23ClN2O5S. The highest BCUT2D eigenvalue weighted by molar-refractivity contribution is 7.07. The quantitative estimate of drug-likeness (QED) is 0.504. The highest BCUT2D eigenvalue weighted by atomic mass is 35.5. The molecule has 176 valence electrons. The fourth-order valence-corrected chi connectivity index (χ4v) is 5.20. The molecule has 1 aliphatic heterocycles. The van der Waals surface area contributed by atoms with Crippen molar-refractivity contribution in [2.75, 3.05) is 21.3 Å². The van der Waals surface area contributed by atoms with E-state index in [4.69, 9.17) is 25.8 Å². The number of methoxy groups -OCH3 is 3. The molecule has 1 aliphatic rings. The number of allylic oxidation sites excluding steroid dienone is 1. The summed E-state index contributed by atoms with van der Waals surface area (Å²) in [5.74, 6) is 0.655. The lowest BCUT2D eigenvalue weighted by Gasteiger charge is -2.25. The van der Waals surface area contributed by atoms with Gasteiger partial charge < -0.3 is 14.2 Å². The lowest BCUT2D eigenvalue weighted by atomic mass is 9.95. The monoisotopic (exact) mass is 498 g/mol. The molecule has 0 N–H and O–H groups in total. The van der Waals surface area contributed by atoms with Gasteiger partial charge in [0, 0.05) is 10.6 Å². The van der Waals surface area contributed by atoms with Gasteiger partial charge in [-0.25, -0.2) is 9.79 Å². The van der Waals surface area contributed by atoms with E-state index in [1.165, 1.54) is 30.1 Å². The summed E-state index contributed by atoms with van der Waals surface area (Å²) >= 11 is 7.55. The van der Waals surface area contributed by atoms with E-state index in [-0.39, 0.29) is 11.1 Å². The Morgan fingerprint density at radius 2 is 1.88 bits per heavy atom. The van der Waals surface area contributed by atoms with Crippen molar-refractivity contribution in [1.29, 1.82) is 0 Å². The van der Waals surface area contributed by atoms with Crippen LogP contribution in [-0.4, -0.2) is 31.9 Å². The number of halogens is 1. The van der Waals surface area contributed by atoms with Gasteiger partial charge in [-0.3, -0.25) is 9.36 Å². The summed E-state index contributed by atoms with van der Waals surface area (Å²) in [6.07, 6.45) is 1.82. The lowest BCUT2D eigenvalue weighted by molar-refractivity contribution is -0.136. The maximum atomic E-state index is 13.7. The number of esters is 1. The Bertz CT molecular complexity index is 1500. The molecular weight excluding hydrogens is 476 g/mol. The molecule has 0 unspecified atom stereocenters. The number of aryl methyl sites for hydroxylation is 1. The third kappa shape index (κ3) is 4.15. The molecule has 2 heterocycles. The van der Waals surface area contributed by atoms with Crippen LogP contribution in [0.1, 0.15) is 29.7 Å². The average Bonchev–Trinajstić information content (AvgIpc) is 3.13. The number of rotatable bonds is 5.